The molecular weight excluding hydrogens is 244 g/mol. The number of hydrogen-bond acceptors (Lipinski definition) is 6. The van der Waals surface area contributed by atoms with Gasteiger partial charge in [0.1, 0.15) is 11.4 Å². The van der Waals surface area contributed by atoms with Gasteiger partial charge < -0.3 is 20.1 Å². The van der Waals surface area contributed by atoms with Gasteiger partial charge in [0.25, 0.3) is 0 Å². The summed E-state index contributed by atoms with van der Waals surface area (Å²) in [5, 5.41) is 6.69. The molecule has 6 nitrogen and oxygen atoms in total. The highest BCUT2D eigenvalue weighted by atomic mass is 16.5. The van der Waals surface area contributed by atoms with E-state index < -0.39 is 0 Å². The molecule has 2 saturated heterocycles. The third kappa shape index (κ3) is 3.20. The lowest BCUT2D eigenvalue weighted by molar-refractivity contribution is -0.0471. The first kappa shape index (κ1) is 12.8. The second kappa shape index (κ2) is 5.81. The summed E-state index contributed by atoms with van der Waals surface area (Å²) in [6.07, 6.45) is 6.13. The van der Waals surface area contributed by atoms with Crippen molar-refractivity contribution in [2.24, 2.45) is 5.92 Å². The summed E-state index contributed by atoms with van der Waals surface area (Å²) >= 11 is 0. The van der Waals surface area contributed by atoms with Crippen LogP contribution in [0.3, 0.4) is 0 Å². The molecule has 1 aromatic heterocycles. The lowest BCUT2D eigenvalue weighted by atomic mass is 9.95. The topological polar surface area (TPSA) is 68.3 Å². The molecule has 2 aliphatic heterocycles. The van der Waals surface area contributed by atoms with Crippen LogP contribution >= 0.6 is 0 Å². The first-order chi connectivity index (χ1) is 9.36. The largest absolute Gasteiger partial charge is 0.377 e. The molecule has 2 atom stereocenters. The monoisotopic (exact) mass is 264 g/mol. The van der Waals surface area contributed by atoms with E-state index in [1.165, 1.54) is 0 Å². The minimum absolute atomic E-state index is 0.134. The van der Waals surface area contributed by atoms with E-state index in [1.807, 2.05) is 0 Å². The van der Waals surface area contributed by atoms with Crippen LogP contribution in [0.15, 0.2) is 18.6 Å². The van der Waals surface area contributed by atoms with E-state index in [0.29, 0.717) is 12.5 Å². The number of hydrogen-bond donors (Lipinski definition) is 2. The Labute approximate surface area is 112 Å². The van der Waals surface area contributed by atoms with Crippen molar-refractivity contribution in [3.05, 3.63) is 18.6 Å². The first-order valence-corrected chi connectivity index (χ1v) is 6.79. The Hall–Kier alpha value is -1.24. The van der Waals surface area contributed by atoms with E-state index in [9.17, 15) is 0 Å². The van der Waals surface area contributed by atoms with Crippen LogP contribution < -0.4 is 10.6 Å². The van der Waals surface area contributed by atoms with Crippen LogP contribution in [0.1, 0.15) is 6.42 Å². The fourth-order valence-electron chi connectivity index (χ4n) is 2.70. The maximum Gasteiger partial charge on any atom is 0.144 e. The summed E-state index contributed by atoms with van der Waals surface area (Å²) in [5.41, 5.74) is -0.134. The van der Waals surface area contributed by atoms with Gasteiger partial charge in [-0.2, -0.15) is 0 Å². The Morgan fingerprint density at radius 1 is 1.47 bits per heavy atom. The van der Waals surface area contributed by atoms with Crippen molar-refractivity contribution in [2.75, 3.05) is 44.8 Å². The Morgan fingerprint density at radius 2 is 2.47 bits per heavy atom. The minimum Gasteiger partial charge on any atom is -0.377 e. The van der Waals surface area contributed by atoms with Crippen molar-refractivity contribution in [3.8, 4) is 0 Å². The number of nitrogens with zero attached hydrogens (tertiary/aromatic N) is 2. The molecule has 1 spiro atoms. The highest BCUT2D eigenvalue weighted by Crippen LogP contribution is 2.31. The average molecular weight is 264 g/mol. The smallest absolute Gasteiger partial charge is 0.144 e. The lowest BCUT2D eigenvalue weighted by Gasteiger charge is -2.25. The molecule has 0 saturated carbocycles. The number of rotatable bonds is 3. The second-order valence-corrected chi connectivity index (χ2v) is 5.27. The summed E-state index contributed by atoms with van der Waals surface area (Å²) in [6, 6.07) is 0. The molecule has 2 fully saturated rings. The van der Waals surface area contributed by atoms with Crippen molar-refractivity contribution in [1.82, 2.24) is 15.3 Å². The van der Waals surface area contributed by atoms with Crippen LogP contribution in [-0.4, -0.2) is 55.0 Å². The van der Waals surface area contributed by atoms with E-state index in [-0.39, 0.29) is 5.60 Å². The number of ether oxygens (including phenoxy) is 2. The highest BCUT2D eigenvalue weighted by Gasteiger charge is 2.41. The molecule has 0 aromatic carbocycles. The molecule has 6 heteroatoms. The number of aromatic nitrogens is 2. The van der Waals surface area contributed by atoms with Crippen LogP contribution in [0, 0.1) is 5.92 Å². The molecular formula is C13H20N4O2. The van der Waals surface area contributed by atoms with Gasteiger partial charge in [0.05, 0.1) is 26.0 Å². The molecule has 0 radical (unpaired) electrons. The molecule has 19 heavy (non-hydrogen) atoms. The maximum absolute atomic E-state index is 6.00. The fraction of sp³-hybridized carbons (Fsp3) is 0.692. The normalized spacial score (nSPS) is 31.3. The predicted molar refractivity (Wildman–Crippen MR) is 71.0 cm³/mol. The van der Waals surface area contributed by atoms with Gasteiger partial charge in [-0.15, -0.1) is 0 Å². The third-order valence-corrected chi connectivity index (χ3v) is 3.66. The van der Waals surface area contributed by atoms with E-state index in [2.05, 4.69) is 20.6 Å². The van der Waals surface area contributed by atoms with Crippen molar-refractivity contribution in [1.29, 1.82) is 0 Å². The molecule has 0 bridgehead atoms. The van der Waals surface area contributed by atoms with Crippen LogP contribution in [0.2, 0.25) is 0 Å². The zero-order valence-electron chi connectivity index (χ0n) is 11.0. The van der Waals surface area contributed by atoms with Crippen LogP contribution in [0.25, 0.3) is 0 Å². The highest BCUT2D eigenvalue weighted by molar-refractivity contribution is 5.29. The van der Waals surface area contributed by atoms with Gasteiger partial charge in [0.2, 0.25) is 0 Å². The Balaban J connectivity index is 1.51. The lowest BCUT2D eigenvalue weighted by Crippen LogP contribution is -2.42. The number of anilines is 1. The Bertz CT molecular complexity index is 393. The fourth-order valence-corrected chi connectivity index (χ4v) is 2.70. The van der Waals surface area contributed by atoms with E-state index >= 15 is 0 Å². The van der Waals surface area contributed by atoms with Gasteiger partial charge in [-0.3, -0.25) is 4.98 Å². The standard InChI is InChI=1S/C13H20N4O2/c1-2-16-12(7-14-1)17-6-11-5-13(19-8-11)9-15-3-4-18-10-13/h1-2,7,11,15H,3-6,8-10H2,(H,16,17)/t11-,13-/m0/s1. The molecule has 104 valence electrons. The van der Waals surface area contributed by atoms with E-state index in [0.717, 1.165) is 45.1 Å². The number of nitrogens with one attached hydrogen (secondary N) is 2. The van der Waals surface area contributed by atoms with Gasteiger partial charge in [-0.25, -0.2) is 4.98 Å². The predicted octanol–water partition coefficient (Wildman–Crippen LogP) is 0.284. The maximum atomic E-state index is 6.00. The quantitative estimate of drug-likeness (QED) is 0.817. The Morgan fingerprint density at radius 3 is 3.37 bits per heavy atom. The molecule has 2 N–H and O–H groups in total. The molecule has 3 heterocycles. The van der Waals surface area contributed by atoms with Crippen LogP contribution in [0.5, 0.6) is 0 Å². The van der Waals surface area contributed by atoms with Crippen molar-refractivity contribution < 1.29 is 9.47 Å². The average Bonchev–Trinajstić information content (AvgIpc) is 2.70. The van der Waals surface area contributed by atoms with Gasteiger partial charge >= 0.3 is 0 Å². The van der Waals surface area contributed by atoms with E-state index in [4.69, 9.17) is 9.47 Å². The summed E-state index contributed by atoms with van der Waals surface area (Å²) in [4.78, 5) is 8.25. The summed E-state index contributed by atoms with van der Waals surface area (Å²) in [6.45, 7) is 4.90. The molecule has 0 unspecified atom stereocenters. The molecule has 1 aromatic rings. The molecule has 3 rings (SSSR count). The van der Waals surface area contributed by atoms with Gasteiger partial charge in [-0.05, 0) is 6.42 Å². The third-order valence-electron chi connectivity index (χ3n) is 3.66. The van der Waals surface area contributed by atoms with E-state index in [1.54, 1.807) is 18.6 Å². The second-order valence-electron chi connectivity index (χ2n) is 5.27. The Kier molecular flexibility index (Phi) is 3.91. The summed E-state index contributed by atoms with van der Waals surface area (Å²) < 4.78 is 11.6. The summed E-state index contributed by atoms with van der Waals surface area (Å²) in [7, 11) is 0. The van der Waals surface area contributed by atoms with Crippen molar-refractivity contribution in [3.63, 3.8) is 0 Å². The SMILES string of the molecule is c1cnc(NC[C@H]2CO[C@]3(CNCCOC3)C2)cn1. The first-order valence-electron chi connectivity index (χ1n) is 6.79. The van der Waals surface area contributed by atoms with Gasteiger partial charge in [-0.1, -0.05) is 0 Å². The molecule has 0 amide bonds. The van der Waals surface area contributed by atoms with Gasteiger partial charge in [0, 0.05) is 37.9 Å². The summed E-state index contributed by atoms with van der Waals surface area (Å²) in [5.74, 6) is 1.31. The van der Waals surface area contributed by atoms with Gasteiger partial charge in [0.15, 0.2) is 0 Å². The minimum atomic E-state index is -0.134. The van der Waals surface area contributed by atoms with Crippen molar-refractivity contribution in [2.45, 2.75) is 12.0 Å². The molecule has 2 aliphatic rings. The zero-order valence-corrected chi connectivity index (χ0v) is 11.0. The zero-order chi connectivity index (χ0) is 13.0. The molecule has 0 aliphatic carbocycles. The van der Waals surface area contributed by atoms with Crippen LogP contribution in [-0.2, 0) is 9.47 Å². The van der Waals surface area contributed by atoms with Crippen LogP contribution in [0.4, 0.5) is 5.82 Å². The van der Waals surface area contributed by atoms with Crippen molar-refractivity contribution >= 4 is 5.82 Å².